The maximum Gasteiger partial charge on any atom is 0.387 e. The van der Waals surface area contributed by atoms with Crippen LogP contribution in [0.3, 0.4) is 0 Å². The second-order valence-electron chi connectivity index (χ2n) is 6.11. The molecule has 1 saturated heterocycles. The van der Waals surface area contributed by atoms with Gasteiger partial charge in [0.1, 0.15) is 11.6 Å². The maximum atomic E-state index is 12.6. The van der Waals surface area contributed by atoms with E-state index in [0.717, 1.165) is 31.8 Å². The number of halogens is 2. The Labute approximate surface area is 144 Å². The summed E-state index contributed by atoms with van der Waals surface area (Å²) in [7, 11) is 0. The first-order valence-electron chi connectivity index (χ1n) is 8.50. The van der Waals surface area contributed by atoms with Crippen LogP contribution in [0.25, 0.3) is 0 Å². The van der Waals surface area contributed by atoms with E-state index in [2.05, 4.69) is 15.2 Å². The quantitative estimate of drug-likeness (QED) is 0.866. The average Bonchev–Trinajstić information content (AvgIpc) is 2.91. The van der Waals surface area contributed by atoms with Gasteiger partial charge in [0.25, 0.3) is 0 Å². The van der Waals surface area contributed by atoms with Gasteiger partial charge in [-0.05, 0) is 44.0 Å². The van der Waals surface area contributed by atoms with Crippen molar-refractivity contribution in [3.05, 3.63) is 46.1 Å². The Bertz CT molecular complexity index is 766. The lowest BCUT2D eigenvalue weighted by molar-refractivity contribution is -0.0498. The highest BCUT2D eigenvalue weighted by atomic mass is 19.3. The molecule has 1 fully saturated rings. The number of rotatable bonds is 6. The van der Waals surface area contributed by atoms with Crippen LogP contribution in [0, 0.1) is 0 Å². The van der Waals surface area contributed by atoms with Gasteiger partial charge in [-0.25, -0.2) is 9.48 Å². The Morgan fingerprint density at radius 2 is 2.28 bits per heavy atom. The fraction of sp³-hybridized carbons (Fsp3) is 0.529. The van der Waals surface area contributed by atoms with Crippen molar-refractivity contribution in [1.29, 1.82) is 0 Å². The van der Waals surface area contributed by atoms with Gasteiger partial charge in [-0.2, -0.15) is 13.9 Å². The molecule has 3 rings (SSSR count). The van der Waals surface area contributed by atoms with Gasteiger partial charge in [-0.3, -0.25) is 4.57 Å². The molecular weight excluding hydrogens is 330 g/mol. The molecule has 1 N–H and O–H groups in total. The van der Waals surface area contributed by atoms with Crippen molar-refractivity contribution in [3.63, 3.8) is 0 Å². The van der Waals surface area contributed by atoms with Crippen LogP contribution in [0.5, 0.6) is 5.75 Å². The van der Waals surface area contributed by atoms with Gasteiger partial charge in [-0.1, -0.05) is 12.1 Å². The molecule has 0 radical (unpaired) electrons. The van der Waals surface area contributed by atoms with Crippen LogP contribution in [-0.4, -0.2) is 34.0 Å². The largest absolute Gasteiger partial charge is 0.435 e. The third kappa shape index (κ3) is 4.07. The highest BCUT2D eigenvalue weighted by Crippen LogP contribution is 2.21. The van der Waals surface area contributed by atoms with Crippen LogP contribution in [0.1, 0.15) is 37.1 Å². The van der Waals surface area contributed by atoms with E-state index >= 15 is 0 Å². The summed E-state index contributed by atoms with van der Waals surface area (Å²) in [6.45, 7) is 1.63. The predicted octanol–water partition coefficient (Wildman–Crippen LogP) is 2.18. The molecule has 0 amide bonds. The van der Waals surface area contributed by atoms with Crippen molar-refractivity contribution < 1.29 is 13.5 Å². The fourth-order valence-electron chi connectivity index (χ4n) is 3.23. The first kappa shape index (κ1) is 17.6. The van der Waals surface area contributed by atoms with E-state index in [1.54, 1.807) is 16.7 Å². The van der Waals surface area contributed by atoms with Gasteiger partial charge >= 0.3 is 12.3 Å². The van der Waals surface area contributed by atoms with Crippen molar-refractivity contribution in [2.45, 2.75) is 45.4 Å². The topological polar surface area (TPSA) is 61.1 Å². The smallest absolute Gasteiger partial charge is 0.387 e. The molecule has 0 aliphatic carbocycles. The van der Waals surface area contributed by atoms with E-state index in [9.17, 15) is 13.6 Å². The molecule has 1 atom stereocenters. The summed E-state index contributed by atoms with van der Waals surface area (Å²) in [5.74, 6) is 1.09. The highest BCUT2D eigenvalue weighted by molar-refractivity contribution is 5.28. The second-order valence-corrected chi connectivity index (χ2v) is 6.11. The summed E-state index contributed by atoms with van der Waals surface area (Å²) in [6.07, 6.45) is 2.06. The van der Waals surface area contributed by atoms with Crippen molar-refractivity contribution in [2.75, 3.05) is 13.1 Å². The van der Waals surface area contributed by atoms with Crippen LogP contribution in [0.15, 0.2) is 29.1 Å². The van der Waals surface area contributed by atoms with Gasteiger partial charge in [0.05, 0.1) is 6.54 Å². The molecule has 136 valence electrons. The van der Waals surface area contributed by atoms with Gasteiger partial charge in [0.15, 0.2) is 0 Å². The Hall–Kier alpha value is -2.22. The van der Waals surface area contributed by atoms with E-state index in [1.165, 1.54) is 16.8 Å². The number of hydrogen-bond acceptors (Lipinski definition) is 4. The molecule has 1 aliphatic heterocycles. The number of nitrogens with one attached hydrogen (secondary N) is 1. The van der Waals surface area contributed by atoms with E-state index in [1.807, 2.05) is 6.92 Å². The molecule has 1 aromatic heterocycles. The predicted molar refractivity (Wildman–Crippen MR) is 89.2 cm³/mol. The minimum Gasteiger partial charge on any atom is -0.435 e. The average molecular weight is 352 g/mol. The molecule has 1 aliphatic rings. The Balaban J connectivity index is 1.85. The molecular formula is C17H22F2N4O2. The van der Waals surface area contributed by atoms with Crippen LogP contribution in [0.4, 0.5) is 8.78 Å². The lowest BCUT2D eigenvalue weighted by atomic mass is 9.99. The minimum absolute atomic E-state index is 0.0761. The highest BCUT2D eigenvalue weighted by Gasteiger charge is 2.23. The number of ether oxygens (including phenoxy) is 1. The zero-order valence-corrected chi connectivity index (χ0v) is 14.1. The first-order valence-corrected chi connectivity index (χ1v) is 8.50. The zero-order chi connectivity index (χ0) is 17.8. The van der Waals surface area contributed by atoms with Crippen molar-refractivity contribution in [2.24, 2.45) is 0 Å². The Morgan fingerprint density at radius 1 is 1.44 bits per heavy atom. The van der Waals surface area contributed by atoms with Crippen molar-refractivity contribution in [1.82, 2.24) is 19.7 Å². The summed E-state index contributed by atoms with van der Waals surface area (Å²) in [5.41, 5.74) is 0.512. The van der Waals surface area contributed by atoms with Gasteiger partial charge in [0, 0.05) is 19.0 Å². The van der Waals surface area contributed by atoms with E-state index < -0.39 is 6.61 Å². The van der Waals surface area contributed by atoms with Crippen LogP contribution < -0.4 is 15.7 Å². The number of aromatic nitrogens is 3. The molecule has 1 aromatic carbocycles. The van der Waals surface area contributed by atoms with Gasteiger partial charge in [-0.15, -0.1) is 0 Å². The molecule has 0 spiro atoms. The van der Waals surface area contributed by atoms with Gasteiger partial charge < -0.3 is 10.1 Å². The minimum atomic E-state index is -2.87. The summed E-state index contributed by atoms with van der Waals surface area (Å²) in [6, 6.07) is 6.35. The molecule has 0 bridgehead atoms. The number of benzene rings is 1. The lowest BCUT2D eigenvalue weighted by Crippen LogP contribution is -2.31. The van der Waals surface area contributed by atoms with Crippen molar-refractivity contribution >= 4 is 0 Å². The third-order valence-corrected chi connectivity index (χ3v) is 4.39. The molecule has 0 saturated carbocycles. The first-order chi connectivity index (χ1) is 12.1. The third-order valence-electron chi connectivity index (χ3n) is 4.39. The number of nitrogens with zero attached hydrogens (tertiary/aromatic N) is 3. The number of piperidine rings is 1. The summed E-state index contributed by atoms with van der Waals surface area (Å²) in [5, 5.41) is 7.86. The zero-order valence-electron chi connectivity index (χ0n) is 14.1. The molecule has 2 aromatic rings. The maximum absolute atomic E-state index is 12.6. The monoisotopic (exact) mass is 352 g/mol. The van der Waals surface area contributed by atoms with Crippen LogP contribution in [0.2, 0.25) is 0 Å². The van der Waals surface area contributed by atoms with Crippen LogP contribution >= 0.6 is 0 Å². The summed E-state index contributed by atoms with van der Waals surface area (Å²) < 4.78 is 32.2. The van der Waals surface area contributed by atoms with Crippen LogP contribution in [-0.2, 0) is 13.1 Å². The molecule has 25 heavy (non-hydrogen) atoms. The Kier molecular flexibility index (Phi) is 5.47. The molecule has 8 heteroatoms. The summed E-state index contributed by atoms with van der Waals surface area (Å²) >= 11 is 0. The molecule has 2 heterocycles. The molecule has 0 unspecified atom stereocenters. The molecule has 6 nitrogen and oxygen atoms in total. The van der Waals surface area contributed by atoms with E-state index in [-0.39, 0.29) is 23.9 Å². The number of hydrogen-bond donors (Lipinski definition) is 1. The fourth-order valence-corrected chi connectivity index (χ4v) is 3.23. The SMILES string of the molecule is CCn1c([C@H]2CCCNC2)nn(Cc2cccc(OC(F)F)c2)c1=O. The van der Waals surface area contributed by atoms with Gasteiger partial charge in [0.2, 0.25) is 0 Å². The Morgan fingerprint density at radius 3 is 2.96 bits per heavy atom. The summed E-state index contributed by atoms with van der Waals surface area (Å²) in [4.78, 5) is 12.6. The van der Waals surface area contributed by atoms with E-state index in [4.69, 9.17) is 0 Å². The standard InChI is InChI=1S/C17H22F2N4O2/c1-2-22-15(13-6-4-8-20-10-13)21-23(17(22)24)11-12-5-3-7-14(9-12)25-16(18)19/h3,5,7,9,13,16,20H,2,4,6,8,10-11H2,1H3/t13-/m0/s1. The second kappa shape index (κ2) is 7.77. The van der Waals surface area contributed by atoms with Crippen molar-refractivity contribution in [3.8, 4) is 5.75 Å². The normalized spacial score (nSPS) is 17.8. The lowest BCUT2D eigenvalue weighted by Gasteiger charge is -2.21. The van der Waals surface area contributed by atoms with E-state index in [0.29, 0.717) is 12.1 Å². The number of alkyl halides is 2.